The van der Waals surface area contributed by atoms with Gasteiger partial charge in [-0.25, -0.2) is 0 Å². The number of carbonyl (C=O) groups excluding carboxylic acids is 1. The zero-order chi connectivity index (χ0) is 34.5. The third kappa shape index (κ3) is 10.2. The molecule has 7 heteroatoms. The highest BCUT2D eigenvalue weighted by atomic mass is 16.5. The maximum Gasteiger partial charge on any atom is 0.251 e. The summed E-state index contributed by atoms with van der Waals surface area (Å²) in [7, 11) is 2.20. The number of hydrogen-bond donors (Lipinski definition) is 1. The predicted molar refractivity (Wildman–Crippen MR) is 205 cm³/mol. The summed E-state index contributed by atoms with van der Waals surface area (Å²) in [5.74, 6) is 1.54. The number of fused-ring (bicyclic) bond motifs is 1. The fraction of sp³-hybridized carbons (Fsp3) is 0.512. The van der Waals surface area contributed by atoms with E-state index in [-0.39, 0.29) is 5.91 Å². The normalized spacial score (nSPS) is 17.3. The van der Waals surface area contributed by atoms with Gasteiger partial charge < -0.3 is 24.4 Å². The summed E-state index contributed by atoms with van der Waals surface area (Å²) in [6.07, 6.45) is 13.8. The van der Waals surface area contributed by atoms with E-state index in [0.717, 1.165) is 98.8 Å². The van der Waals surface area contributed by atoms with Gasteiger partial charge in [-0.05, 0) is 116 Å². The molecule has 3 aromatic rings. The van der Waals surface area contributed by atoms with Crippen LogP contribution in [0.3, 0.4) is 0 Å². The van der Waals surface area contributed by atoms with E-state index in [1.165, 1.54) is 43.4 Å². The second-order valence-corrected chi connectivity index (χ2v) is 14.4. The molecule has 1 saturated heterocycles. The summed E-state index contributed by atoms with van der Waals surface area (Å²) in [6.45, 7) is 8.58. The number of anilines is 2. The lowest BCUT2D eigenvalue weighted by atomic mass is 9.88. The number of benzene rings is 3. The summed E-state index contributed by atoms with van der Waals surface area (Å²) in [5.41, 5.74) is 7.50. The first-order valence-electron chi connectivity index (χ1n) is 19.1. The van der Waals surface area contributed by atoms with Gasteiger partial charge in [0.05, 0.1) is 6.61 Å². The number of nitrogens with zero attached hydrogens (tertiary/aromatic N) is 2. The summed E-state index contributed by atoms with van der Waals surface area (Å²) < 4.78 is 17.1. The lowest BCUT2D eigenvalue weighted by Gasteiger charge is -2.31. The Balaban J connectivity index is 1.14. The molecule has 1 N–H and O–H groups in total. The van der Waals surface area contributed by atoms with E-state index in [1.54, 1.807) is 0 Å². The third-order valence-electron chi connectivity index (χ3n) is 10.6. The number of amides is 1. The van der Waals surface area contributed by atoms with Crippen LogP contribution in [-0.2, 0) is 20.8 Å². The van der Waals surface area contributed by atoms with Gasteiger partial charge in [0.15, 0.2) is 0 Å². The van der Waals surface area contributed by atoms with Crippen LogP contribution in [0.5, 0.6) is 5.75 Å². The quantitative estimate of drug-likeness (QED) is 0.162. The van der Waals surface area contributed by atoms with E-state index < -0.39 is 0 Å². The standard InChI is InChI=1S/C43H57N3O4/c1-3-4-24-48-27-28-50-41-17-12-35(13-18-41)36-14-19-42-38(29-36)30-37(20-23-46(42)32-33-8-6-5-7-9-33)43(47)44-39-15-10-34(11-16-39)31-45(2)40-21-25-49-26-22-40/h10-19,29-30,33,40H,3-9,20-28,31-32H2,1-2H3,(H,44,47). The molecule has 2 aliphatic heterocycles. The third-order valence-corrected chi connectivity index (χ3v) is 10.6. The molecule has 3 aliphatic rings. The Morgan fingerprint density at radius 1 is 0.900 bits per heavy atom. The Labute approximate surface area is 300 Å². The molecule has 1 saturated carbocycles. The molecule has 2 heterocycles. The number of unbranched alkanes of at least 4 members (excludes halogenated alkanes) is 1. The van der Waals surface area contributed by atoms with Crippen LogP contribution in [0, 0.1) is 5.92 Å². The molecule has 268 valence electrons. The molecule has 2 fully saturated rings. The Bertz CT molecular complexity index is 1520. The van der Waals surface area contributed by atoms with E-state index >= 15 is 0 Å². The second-order valence-electron chi connectivity index (χ2n) is 14.4. The fourth-order valence-corrected chi connectivity index (χ4v) is 7.58. The van der Waals surface area contributed by atoms with Crippen molar-refractivity contribution < 1.29 is 19.0 Å². The highest BCUT2D eigenvalue weighted by molar-refractivity contribution is 6.07. The molecular weight excluding hydrogens is 622 g/mol. The van der Waals surface area contributed by atoms with Crippen LogP contribution in [0.2, 0.25) is 0 Å². The van der Waals surface area contributed by atoms with Gasteiger partial charge in [-0.1, -0.05) is 62.9 Å². The van der Waals surface area contributed by atoms with Crippen LogP contribution in [0.15, 0.2) is 72.3 Å². The zero-order valence-corrected chi connectivity index (χ0v) is 30.3. The number of ether oxygens (including phenoxy) is 3. The first-order chi connectivity index (χ1) is 24.6. The average molecular weight is 680 g/mol. The first-order valence-corrected chi connectivity index (χ1v) is 19.1. The topological polar surface area (TPSA) is 63.3 Å². The van der Waals surface area contributed by atoms with Crippen molar-refractivity contribution in [2.45, 2.75) is 83.7 Å². The summed E-state index contributed by atoms with van der Waals surface area (Å²) >= 11 is 0. The number of nitrogens with one attached hydrogen (secondary N) is 1. The van der Waals surface area contributed by atoms with E-state index in [4.69, 9.17) is 14.2 Å². The maximum atomic E-state index is 13.8. The van der Waals surface area contributed by atoms with Gasteiger partial charge in [0.2, 0.25) is 0 Å². The Morgan fingerprint density at radius 3 is 2.42 bits per heavy atom. The molecule has 0 atom stereocenters. The molecule has 0 unspecified atom stereocenters. The van der Waals surface area contributed by atoms with Crippen molar-refractivity contribution in [2.75, 3.05) is 63.4 Å². The van der Waals surface area contributed by atoms with Crippen LogP contribution in [0.4, 0.5) is 11.4 Å². The molecule has 7 nitrogen and oxygen atoms in total. The minimum atomic E-state index is -0.0203. The lowest BCUT2D eigenvalue weighted by Crippen LogP contribution is -2.36. The maximum absolute atomic E-state index is 13.8. The summed E-state index contributed by atoms with van der Waals surface area (Å²) in [6, 6.07) is 24.0. The molecule has 50 heavy (non-hydrogen) atoms. The molecule has 0 radical (unpaired) electrons. The smallest absolute Gasteiger partial charge is 0.251 e. The van der Waals surface area contributed by atoms with E-state index in [9.17, 15) is 4.79 Å². The van der Waals surface area contributed by atoms with E-state index in [0.29, 0.717) is 31.6 Å². The zero-order valence-electron chi connectivity index (χ0n) is 30.3. The van der Waals surface area contributed by atoms with Crippen molar-refractivity contribution in [1.82, 2.24) is 4.90 Å². The molecular formula is C43H57N3O4. The number of rotatable bonds is 15. The van der Waals surface area contributed by atoms with Crippen molar-refractivity contribution in [1.29, 1.82) is 0 Å². The van der Waals surface area contributed by atoms with Crippen molar-refractivity contribution in [3.63, 3.8) is 0 Å². The molecule has 0 spiro atoms. The largest absolute Gasteiger partial charge is 0.491 e. The molecule has 0 aromatic heterocycles. The van der Waals surface area contributed by atoms with Gasteiger partial charge in [-0.3, -0.25) is 9.69 Å². The number of hydrogen-bond acceptors (Lipinski definition) is 6. The van der Waals surface area contributed by atoms with Crippen LogP contribution in [-0.4, -0.2) is 70.0 Å². The Kier molecular flexibility index (Phi) is 13.4. The van der Waals surface area contributed by atoms with Crippen molar-refractivity contribution in [3.8, 4) is 16.9 Å². The van der Waals surface area contributed by atoms with Crippen LogP contribution < -0.4 is 15.0 Å². The van der Waals surface area contributed by atoms with Gasteiger partial charge in [-0.15, -0.1) is 0 Å². The average Bonchev–Trinajstić information content (AvgIpc) is 3.34. The van der Waals surface area contributed by atoms with Crippen molar-refractivity contribution in [2.24, 2.45) is 5.92 Å². The van der Waals surface area contributed by atoms with Crippen LogP contribution >= 0.6 is 0 Å². The lowest BCUT2D eigenvalue weighted by molar-refractivity contribution is -0.112. The monoisotopic (exact) mass is 679 g/mol. The minimum absolute atomic E-state index is 0.0203. The molecule has 1 aliphatic carbocycles. The fourth-order valence-electron chi connectivity index (χ4n) is 7.58. The van der Waals surface area contributed by atoms with E-state index in [2.05, 4.69) is 77.6 Å². The molecule has 0 bridgehead atoms. The van der Waals surface area contributed by atoms with Gasteiger partial charge >= 0.3 is 0 Å². The van der Waals surface area contributed by atoms with Gasteiger partial charge in [-0.2, -0.15) is 0 Å². The molecule has 1 amide bonds. The van der Waals surface area contributed by atoms with E-state index in [1.807, 2.05) is 24.3 Å². The van der Waals surface area contributed by atoms with Crippen LogP contribution in [0.25, 0.3) is 17.2 Å². The minimum Gasteiger partial charge on any atom is -0.491 e. The van der Waals surface area contributed by atoms with Crippen LogP contribution in [0.1, 0.15) is 82.3 Å². The van der Waals surface area contributed by atoms with Crippen molar-refractivity contribution in [3.05, 3.63) is 83.4 Å². The Morgan fingerprint density at radius 2 is 1.66 bits per heavy atom. The highest BCUT2D eigenvalue weighted by Crippen LogP contribution is 2.35. The van der Waals surface area contributed by atoms with Gasteiger partial charge in [0.25, 0.3) is 5.91 Å². The Hall–Kier alpha value is -3.65. The summed E-state index contributed by atoms with van der Waals surface area (Å²) in [4.78, 5) is 18.8. The second kappa shape index (κ2) is 18.5. The predicted octanol–water partition coefficient (Wildman–Crippen LogP) is 8.97. The van der Waals surface area contributed by atoms with Gasteiger partial charge in [0, 0.05) is 62.4 Å². The molecule has 3 aromatic carbocycles. The van der Waals surface area contributed by atoms with Crippen molar-refractivity contribution >= 4 is 23.4 Å². The SMILES string of the molecule is CCCCOCCOc1ccc(-c2ccc3c(c2)C=C(C(=O)Nc2ccc(CN(C)C4CCOCC4)cc2)CCN3CC2CCCCC2)cc1. The first kappa shape index (κ1) is 36.2. The number of carbonyl (C=O) groups is 1. The highest BCUT2D eigenvalue weighted by Gasteiger charge is 2.24. The summed E-state index contributed by atoms with van der Waals surface area (Å²) in [5, 5.41) is 3.22. The van der Waals surface area contributed by atoms with Gasteiger partial charge in [0.1, 0.15) is 12.4 Å². The molecule has 6 rings (SSSR count).